The van der Waals surface area contributed by atoms with Crippen molar-refractivity contribution in [1.29, 1.82) is 0 Å². The van der Waals surface area contributed by atoms with E-state index in [4.69, 9.17) is 0 Å². The standard InChI is InChI=1S/C16H21N7OS/c1-20-6-7-22(16(20)24)13-8-17-23(10-13)12-4-5-21(9-12)15-19-18-14(25-15)11-2-3-11/h8,10-12H,2-7,9H2,1H3. The quantitative estimate of drug-likeness (QED) is 0.834. The van der Waals surface area contributed by atoms with E-state index in [0.29, 0.717) is 12.0 Å². The van der Waals surface area contributed by atoms with Crippen LogP contribution in [0.2, 0.25) is 0 Å². The highest BCUT2D eigenvalue weighted by Crippen LogP contribution is 2.43. The number of aromatic nitrogens is 4. The molecule has 9 heteroatoms. The molecule has 1 atom stereocenters. The maximum absolute atomic E-state index is 12.1. The van der Waals surface area contributed by atoms with Crippen molar-refractivity contribution in [3.63, 3.8) is 0 Å². The Morgan fingerprint density at radius 1 is 1.16 bits per heavy atom. The lowest BCUT2D eigenvalue weighted by atomic mass is 10.3. The highest BCUT2D eigenvalue weighted by atomic mass is 32.1. The third kappa shape index (κ3) is 2.66. The lowest BCUT2D eigenvalue weighted by Crippen LogP contribution is -2.28. The van der Waals surface area contributed by atoms with Gasteiger partial charge in [0.05, 0.1) is 17.9 Å². The third-order valence-corrected chi connectivity index (χ3v) is 6.43. The summed E-state index contributed by atoms with van der Waals surface area (Å²) >= 11 is 1.74. The molecule has 2 aromatic heterocycles. The molecule has 0 spiro atoms. The van der Waals surface area contributed by atoms with Gasteiger partial charge in [-0.1, -0.05) is 11.3 Å². The molecule has 2 saturated heterocycles. The molecule has 1 aliphatic carbocycles. The van der Waals surface area contributed by atoms with Crippen LogP contribution < -0.4 is 9.80 Å². The zero-order valence-corrected chi connectivity index (χ0v) is 15.0. The van der Waals surface area contributed by atoms with Crippen molar-refractivity contribution < 1.29 is 4.79 Å². The van der Waals surface area contributed by atoms with Gasteiger partial charge in [0.2, 0.25) is 5.13 Å². The van der Waals surface area contributed by atoms with E-state index in [2.05, 4.69) is 20.2 Å². The molecule has 2 aromatic rings. The maximum Gasteiger partial charge on any atom is 0.324 e. The summed E-state index contributed by atoms with van der Waals surface area (Å²) < 4.78 is 2.00. The number of anilines is 2. The first-order chi connectivity index (χ1) is 12.2. The van der Waals surface area contributed by atoms with E-state index in [1.54, 1.807) is 27.3 Å². The second kappa shape index (κ2) is 5.69. The van der Waals surface area contributed by atoms with Gasteiger partial charge in [-0.15, -0.1) is 10.2 Å². The van der Waals surface area contributed by atoms with Crippen LogP contribution in [0.3, 0.4) is 0 Å². The van der Waals surface area contributed by atoms with Gasteiger partial charge in [-0.2, -0.15) is 5.10 Å². The van der Waals surface area contributed by atoms with Gasteiger partial charge in [0, 0.05) is 45.3 Å². The number of amides is 2. The second-order valence-electron chi connectivity index (χ2n) is 7.12. The molecule has 5 rings (SSSR count). The number of urea groups is 1. The Bertz CT molecular complexity index is 798. The molecule has 3 aliphatic rings. The average molecular weight is 359 g/mol. The molecule has 3 fully saturated rings. The Morgan fingerprint density at radius 2 is 2.04 bits per heavy atom. The average Bonchev–Trinajstić information content (AvgIpc) is 3.06. The number of nitrogens with zero attached hydrogens (tertiary/aromatic N) is 7. The zero-order valence-electron chi connectivity index (χ0n) is 14.2. The molecule has 8 nitrogen and oxygen atoms in total. The fourth-order valence-electron chi connectivity index (χ4n) is 3.53. The van der Waals surface area contributed by atoms with Gasteiger partial charge in [0.15, 0.2) is 0 Å². The van der Waals surface area contributed by atoms with Gasteiger partial charge in [-0.3, -0.25) is 9.58 Å². The predicted molar refractivity (Wildman–Crippen MR) is 95.4 cm³/mol. The van der Waals surface area contributed by atoms with Crippen molar-refractivity contribution >= 4 is 28.2 Å². The van der Waals surface area contributed by atoms with E-state index < -0.39 is 0 Å². The van der Waals surface area contributed by atoms with Crippen molar-refractivity contribution in [3.8, 4) is 0 Å². The number of carbonyl (C=O) groups excluding carboxylic acids is 1. The van der Waals surface area contributed by atoms with Crippen LogP contribution in [0.25, 0.3) is 0 Å². The van der Waals surface area contributed by atoms with Crippen LogP contribution >= 0.6 is 11.3 Å². The normalized spacial score (nSPS) is 24.0. The summed E-state index contributed by atoms with van der Waals surface area (Å²) in [5.41, 5.74) is 0.889. The van der Waals surface area contributed by atoms with Crippen LogP contribution in [0.15, 0.2) is 12.4 Å². The summed E-state index contributed by atoms with van der Waals surface area (Å²) in [6.07, 6.45) is 7.36. The molecule has 132 valence electrons. The van der Waals surface area contributed by atoms with Gasteiger partial charge in [-0.05, 0) is 19.3 Å². The molecular formula is C16H21N7OS. The lowest BCUT2D eigenvalue weighted by Gasteiger charge is -2.15. The smallest absolute Gasteiger partial charge is 0.324 e. The van der Waals surface area contributed by atoms with E-state index in [1.807, 2.05) is 17.9 Å². The van der Waals surface area contributed by atoms with Crippen LogP contribution in [0.4, 0.5) is 15.6 Å². The van der Waals surface area contributed by atoms with Gasteiger partial charge in [0.25, 0.3) is 0 Å². The van der Waals surface area contributed by atoms with Crippen molar-refractivity contribution in [1.82, 2.24) is 24.9 Å². The van der Waals surface area contributed by atoms with Gasteiger partial charge < -0.3 is 9.80 Å². The molecule has 1 saturated carbocycles. The second-order valence-corrected chi connectivity index (χ2v) is 8.11. The van der Waals surface area contributed by atoms with E-state index >= 15 is 0 Å². The molecule has 25 heavy (non-hydrogen) atoms. The summed E-state index contributed by atoms with van der Waals surface area (Å²) in [4.78, 5) is 18.0. The molecule has 0 bridgehead atoms. The molecule has 1 unspecified atom stereocenters. The van der Waals surface area contributed by atoms with Crippen LogP contribution in [0.5, 0.6) is 0 Å². The molecule has 4 heterocycles. The topological polar surface area (TPSA) is 70.4 Å². The van der Waals surface area contributed by atoms with Crippen LogP contribution in [0.1, 0.15) is 36.2 Å². The highest BCUT2D eigenvalue weighted by molar-refractivity contribution is 7.15. The first-order valence-electron chi connectivity index (χ1n) is 8.84. The fraction of sp³-hybridized carbons (Fsp3) is 0.625. The van der Waals surface area contributed by atoms with Crippen molar-refractivity contribution in [2.45, 2.75) is 31.2 Å². The van der Waals surface area contributed by atoms with Crippen molar-refractivity contribution in [2.75, 3.05) is 43.0 Å². The Labute approximate surface area is 150 Å². The van der Waals surface area contributed by atoms with E-state index in [9.17, 15) is 4.79 Å². The van der Waals surface area contributed by atoms with E-state index in [-0.39, 0.29) is 6.03 Å². The summed E-state index contributed by atoms with van der Waals surface area (Å²) in [5.74, 6) is 0.662. The number of likely N-dealkylation sites (N-methyl/N-ethyl adjacent to an activating group) is 1. The predicted octanol–water partition coefficient (Wildman–Crippen LogP) is 1.94. The minimum absolute atomic E-state index is 0.0501. The summed E-state index contributed by atoms with van der Waals surface area (Å²) in [6.45, 7) is 3.37. The Kier molecular flexibility index (Phi) is 3.44. The van der Waals surface area contributed by atoms with Crippen LogP contribution in [-0.4, -0.2) is 64.1 Å². The number of hydrogen-bond acceptors (Lipinski definition) is 6. The summed E-state index contributed by atoms with van der Waals surface area (Å²) in [7, 11) is 1.83. The molecule has 0 radical (unpaired) electrons. The van der Waals surface area contributed by atoms with Crippen LogP contribution in [-0.2, 0) is 0 Å². The lowest BCUT2D eigenvalue weighted by molar-refractivity contribution is 0.229. The zero-order chi connectivity index (χ0) is 17.0. The molecule has 0 N–H and O–H groups in total. The van der Waals surface area contributed by atoms with Gasteiger partial charge in [-0.25, -0.2) is 4.79 Å². The Hall–Kier alpha value is -2.16. The van der Waals surface area contributed by atoms with E-state index in [0.717, 1.165) is 43.4 Å². The number of carbonyl (C=O) groups is 1. The maximum atomic E-state index is 12.1. The third-order valence-electron chi connectivity index (χ3n) is 5.28. The molecule has 2 amide bonds. The van der Waals surface area contributed by atoms with Gasteiger partial charge in [0.1, 0.15) is 5.01 Å². The first-order valence-corrected chi connectivity index (χ1v) is 9.66. The summed E-state index contributed by atoms with van der Waals surface area (Å²) in [6, 6.07) is 0.367. The molecular weight excluding hydrogens is 338 g/mol. The minimum Gasteiger partial charge on any atom is -0.344 e. The van der Waals surface area contributed by atoms with Gasteiger partial charge >= 0.3 is 6.03 Å². The largest absolute Gasteiger partial charge is 0.344 e. The number of rotatable bonds is 4. The minimum atomic E-state index is 0.0501. The number of hydrogen-bond donors (Lipinski definition) is 0. The highest BCUT2D eigenvalue weighted by Gasteiger charge is 2.32. The molecule has 2 aliphatic heterocycles. The van der Waals surface area contributed by atoms with Crippen LogP contribution in [0, 0.1) is 0 Å². The fourth-order valence-corrected chi connectivity index (χ4v) is 4.58. The Morgan fingerprint density at radius 3 is 2.80 bits per heavy atom. The first kappa shape index (κ1) is 15.1. The monoisotopic (exact) mass is 359 g/mol. The molecule has 0 aromatic carbocycles. The Balaban J connectivity index is 1.27. The van der Waals surface area contributed by atoms with Crippen molar-refractivity contribution in [2.24, 2.45) is 0 Å². The van der Waals surface area contributed by atoms with Crippen molar-refractivity contribution in [3.05, 3.63) is 17.4 Å². The summed E-state index contributed by atoms with van der Waals surface area (Å²) in [5, 5.41) is 15.5. The SMILES string of the molecule is CN1CCN(c2cnn(C3CCN(c4nnc(C5CC5)s4)C3)c2)C1=O. The van der Waals surface area contributed by atoms with E-state index in [1.165, 1.54) is 17.8 Å².